The summed E-state index contributed by atoms with van der Waals surface area (Å²) in [4.78, 5) is 0. The first-order chi connectivity index (χ1) is 18.3. The standard InChI is InChI=1S/C35H28O2/c1-3-21-36-29-17-13-27(14-18-29)35(28-15-19-30(20-16-28)37-22-4-2)33-12-8-7-11-31(33)32-23-25-9-5-6-10-26(25)24-34(32)35/h3-20,23-24H,1-2,21-22H2. The maximum absolute atomic E-state index is 5.82. The SMILES string of the molecule is C=CCOc1ccc(C2(c3ccc(OCC=C)cc3)c3ccccc3-c3cc4ccccc4cc32)cc1. The summed E-state index contributed by atoms with van der Waals surface area (Å²) in [7, 11) is 0. The van der Waals surface area contributed by atoms with Gasteiger partial charge in [-0.2, -0.15) is 0 Å². The van der Waals surface area contributed by atoms with Crippen molar-refractivity contribution in [2.75, 3.05) is 13.2 Å². The first-order valence-electron chi connectivity index (χ1n) is 12.6. The van der Waals surface area contributed by atoms with Gasteiger partial charge in [0.05, 0.1) is 5.41 Å². The summed E-state index contributed by atoms with van der Waals surface area (Å²) in [5.74, 6) is 1.66. The third-order valence-corrected chi connectivity index (χ3v) is 7.22. The van der Waals surface area contributed by atoms with E-state index in [1.807, 2.05) is 0 Å². The molecule has 0 aliphatic heterocycles. The topological polar surface area (TPSA) is 18.5 Å². The summed E-state index contributed by atoms with van der Waals surface area (Å²) in [6, 6.07) is 39.1. The van der Waals surface area contributed by atoms with E-state index in [4.69, 9.17) is 9.47 Å². The van der Waals surface area contributed by atoms with Crippen LogP contribution in [0.5, 0.6) is 11.5 Å². The van der Waals surface area contributed by atoms with Crippen LogP contribution in [0.25, 0.3) is 21.9 Å². The third-order valence-electron chi connectivity index (χ3n) is 7.22. The van der Waals surface area contributed by atoms with Gasteiger partial charge in [-0.3, -0.25) is 0 Å². The van der Waals surface area contributed by atoms with Gasteiger partial charge in [0, 0.05) is 0 Å². The van der Waals surface area contributed by atoms with Gasteiger partial charge in [0.2, 0.25) is 0 Å². The summed E-state index contributed by atoms with van der Waals surface area (Å²) < 4.78 is 11.6. The van der Waals surface area contributed by atoms with E-state index < -0.39 is 5.41 Å². The van der Waals surface area contributed by atoms with Crippen LogP contribution in [0.15, 0.2) is 135 Å². The number of fused-ring (bicyclic) bond motifs is 4. The van der Waals surface area contributed by atoms with Gasteiger partial charge in [-0.05, 0) is 80.6 Å². The minimum absolute atomic E-state index is 0.480. The Hall–Kier alpha value is -4.56. The van der Waals surface area contributed by atoms with Crippen LogP contribution >= 0.6 is 0 Å². The fourth-order valence-corrected chi connectivity index (χ4v) is 5.66. The monoisotopic (exact) mass is 480 g/mol. The first-order valence-corrected chi connectivity index (χ1v) is 12.6. The molecule has 0 atom stereocenters. The fourth-order valence-electron chi connectivity index (χ4n) is 5.66. The minimum atomic E-state index is -0.482. The van der Waals surface area contributed by atoms with E-state index in [2.05, 4.69) is 122 Å². The van der Waals surface area contributed by atoms with Crippen molar-refractivity contribution in [1.29, 1.82) is 0 Å². The van der Waals surface area contributed by atoms with Gasteiger partial charge in [-0.15, -0.1) is 0 Å². The molecule has 37 heavy (non-hydrogen) atoms. The second kappa shape index (κ2) is 9.48. The number of rotatable bonds is 8. The molecule has 5 aromatic rings. The average molecular weight is 481 g/mol. The lowest BCUT2D eigenvalue weighted by Crippen LogP contribution is -2.28. The van der Waals surface area contributed by atoms with E-state index in [0.717, 1.165) is 11.5 Å². The zero-order valence-electron chi connectivity index (χ0n) is 20.7. The summed E-state index contributed by atoms with van der Waals surface area (Å²) in [6.45, 7) is 8.49. The Balaban J connectivity index is 1.64. The number of hydrogen-bond donors (Lipinski definition) is 0. The van der Waals surface area contributed by atoms with Crippen LogP contribution < -0.4 is 9.47 Å². The lowest BCUT2D eigenvalue weighted by Gasteiger charge is -2.34. The Kier molecular flexibility index (Phi) is 5.86. The molecule has 0 unspecified atom stereocenters. The summed E-state index contributed by atoms with van der Waals surface area (Å²) >= 11 is 0. The lowest BCUT2D eigenvalue weighted by molar-refractivity contribution is 0.363. The van der Waals surface area contributed by atoms with Gasteiger partial charge in [-0.1, -0.05) is 98.1 Å². The first kappa shape index (κ1) is 22.9. The smallest absolute Gasteiger partial charge is 0.119 e. The van der Waals surface area contributed by atoms with Crippen LogP contribution in [0.2, 0.25) is 0 Å². The highest BCUT2D eigenvalue weighted by atomic mass is 16.5. The predicted octanol–water partition coefficient (Wildman–Crippen LogP) is 8.33. The van der Waals surface area contributed by atoms with E-state index in [1.165, 1.54) is 44.2 Å². The molecule has 2 nitrogen and oxygen atoms in total. The quantitative estimate of drug-likeness (QED) is 0.204. The molecular formula is C35H28O2. The molecule has 0 radical (unpaired) electrons. The minimum Gasteiger partial charge on any atom is -0.490 e. The summed E-state index contributed by atoms with van der Waals surface area (Å²) in [5, 5.41) is 2.48. The molecule has 0 saturated heterocycles. The predicted molar refractivity (Wildman–Crippen MR) is 153 cm³/mol. The fraction of sp³-hybridized carbons (Fsp3) is 0.0857. The average Bonchev–Trinajstić information content (AvgIpc) is 3.24. The van der Waals surface area contributed by atoms with Gasteiger partial charge in [0.1, 0.15) is 24.7 Å². The van der Waals surface area contributed by atoms with Gasteiger partial charge >= 0.3 is 0 Å². The van der Waals surface area contributed by atoms with Crippen molar-refractivity contribution in [1.82, 2.24) is 0 Å². The molecule has 1 aliphatic rings. The molecule has 0 amide bonds. The number of benzene rings is 5. The highest BCUT2D eigenvalue weighted by Crippen LogP contribution is 2.57. The molecule has 0 saturated carbocycles. The summed E-state index contributed by atoms with van der Waals surface area (Å²) in [5.41, 5.74) is 7.01. The normalized spacial score (nSPS) is 13.0. The van der Waals surface area contributed by atoms with Crippen LogP contribution in [-0.2, 0) is 5.41 Å². The van der Waals surface area contributed by atoms with Crippen molar-refractivity contribution >= 4 is 10.8 Å². The van der Waals surface area contributed by atoms with Crippen molar-refractivity contribution in [3.8, 4) is 22.6 Å². The zero-order valence-corrected chi connectivity index (χ0v) is 20.7. The Morgan fingerprint density at radius 2 is 1.05 bits per heavy atom. The van der Waals surface area contributed by atoms with Crippen molar-refractivity contribution in [2.24, 2.45) is 0 Å². The Morgan fingerprint density at radius 3 is 1.62 bits per heavy atom. The van der Waals surface area contributed by atoms with Crippen molar-refractivity contribution in [2.45, 2.75) is 5.41 Å². The zero-order chi connectivity index (χ0) is 25.2. The molecule has 180 valence electrons. The van der Waals surface area contributed by atoms with Crippen LogP contribution in [0.4, 0.5) is 0 Å². The molecule has 0 heterocycles. The Labute approximate surface area is 218 Å². The Bertz CT molecular complexity index is 1540. The van der Waals surface area contributed by atoms with Crippen LogP contribution in [0, 0.1) is 0 Å². The van der Waals surface area contributed by atoms with Crippen LogP contribution in [0.1, 0.15) is 22.3 Å². The van der Waals surface area contributed by atoms with Crippen molar-refractivity contribution in [3.05, 3.63) is 157 Å². The van der Waals surface area contributed by atoms with E-state index in [-0.39, 0.29) is 0 Å². The molecule has 0 bridgehead atoms. The molecule has 0 aromatic heterocycles. The second-order valence-electron chi connectivity index (χ2n) is 9.29. The summed E-state index contributed by atoms with van der Waals surface area (Å²) in [6.07, 6.45) is 3.53. The molecule has 6 rings (SSSR count). The molecule has 1 aliphatic carbocycles. The lowest BCUT2D eigenvalue weighted by atomic mass is 9.67. The maximum atomic E-state index is 5.82. The van der Waals surface area contributed by atoms with Gasteiger partial charge < -0.3 is 9.47 Å². The molecular weight excluding hydrogens is 452 g/mol. The van der Waals surface area contributed by atoms with Gasteiger partial charge in [-0.25, -0.2) is 0 Å². The molecule has 0 N–H and O–H groups in total. The largest absolute Gasteiger partial charge is 0.490 e. The number of ether oxygens (including phenoxy) is 2. The molecule has 0 fully saturated rings. The van der Waals surface area contributed by atoms with Gasteiger partial charge in [0.25, 0.3) is 0 Å². The number of hydrogen-bond acceptors (Lipinski definition) is 2. The van der Waals surface area contributed by atoms with E-state index in [9.17, 15) is 0 Å². The van der Waals surface area contributed by atoms with Gasteiger partial charge in [0.15, 0.2) is 0 Å². The maximum Gasteiger partial charge on any atom is 0.119 e. The van der Waals surface area contributed by atoms with E-state index in [0.29, 0.717) is 13.2 Å². The molecule has 5 aromatic carbocycles. The van der Waals surface area contributed by atoms with Crippen molar-refractivity contribution < 1.29 is 9.47 Å². The van der Waals surface area contributed by atoms with Crippen LogP contribution in [-0.4, -0.2) is 13.2 Å². The third kappa shape index (κ3) is 3.73. The molecule has 0 spiro atoms. The highest BCUT2D eigenvalue weighted by Gasteiger charge is 2.46. The highest BCUT2D eigenvalue weighted by molar-refractivity contribution is 5.95. The Morgan fingerprint density at radius 1 is 0.541 bits per heavy atom. The van der Waals surface area contributed by atoms with Crippen molar-refractivity contribution in [3.63, 3.8) is 0 Å². The van der Waals surface area contributed by atoms with E-state index in [1.54, 1.807) is 12.2 Å². The van der Waals surface area contributed by atoms with E-state index >= 15 is 0 Å². The van der Waals surface area contributed by atoms with Crippen LogP contribution in [0.3, 0.4) is 0 Å². The second-order valence-corrected chi connectivity index (χ2v) is 9.29. The molecule has 2 heteroatoms.